The van der Waals surface area contributed by atoms with E-state index in [-0.39, 0.29) is 18.8 Å². The number of amides is 1. The van der Waals surface area contributed by atoms with Crippen molar-refractivity contribution in [1.29, 1.82) is 0 Å². The van der Waals surface area contributed by atoms with Gasteiger partial charge in [-0.25, -0.2) is 4.79 Å². The van der Waals surface area contributed by atoms with Gasteiger partial charge in [0.2, 0.25) is 5.69 Å². The van der Waals surface area contributed by atoms with Gasteiger partial charge in [0.05, 0.1) is 12.2 Å². The van der Waals surface area contributed by atoms with Crippen molar-refractivity contribution < 1.29 is 4.79 Å². The van der Waals surface area contributed by atoms with E-state index in [1.165, 1.54) is 0 Å². The largest absolute Gasteiger partial charge is 0.352 e. The number of carbonyl (C=O) groups excluding carboxylic acids is 1. The quantitative estimate of drug-likeness (QED) is 0.476. The Bertz CT molecular complexity index is 1410. The van der Waals surface area contributed by atoms with E-state index in [9.17, 15) is 14.4 Å². The summed E-state index contributed by atoms with van der Waals surface area (Å²) in [6.07, 6.45) is 3.23. The van der Waals surface area contributed by atoms with Gasteiger partial charge in [-0.15, -0.1) is 0 Å². The van der Waals surface area contributed by atoms with E-state index >= 15 is 0 Å². The number of nitrogens with zero attached hydrogens (tertiary/aromatic N) is 4. The lowest BCUT2D eigenvalue weighted by atomic mass is 10.1. The van der Waals surface area contributed by atoms with E-state index in [4.69, 9.17) is 11.6 Å². The molecule has 0 aliphatic rings. The Hall–Kier alpha value is -4.04. The summed E-state index contributed by atoms with van der Waals surface area (Å²) in [5, 5.41) is 7.26. The van der Waals surface area contributed by atoms with E-state index in [0.29, 0.717) is 10.7 Å². The highest BCUT2D eigenvalue weighted by Crippen LogP contribution is 2.12. The summed E-state index contributed by atoms with van der Waals surface area (Å²) < 4.78 is 2.05. The van der Waals surface area contributed by atoms with Crippen molar-refractivity contribution in [2.75, 3.05) is 0 Å². The highest BCUT2D eigenvalue weighted by atomic mass is 35.5. The maximum atomic E-state index is 13.2. The molecule has 1 amide bonds. The molecule has 9 heteroatoms. The van der Waals surface area contributed by atoms with Crippen molar-refractivity contribution >= 4 is 17.5 Å². The average molecular weight is 462 g/mol. The van der Waals surface area contributed by atoms with Gasteiger partial charge in [-0.2, -0.15) is 9.78 Å². The molecule has 8 nitrogen and oxygen atoms in total. The van der Waals surface area contributed by atoms with Crippen LogP contribution in [0.15, 0.2) is 82.6 Å². The first-order chi connectivity index (χ1) is 15.9. The zero-order valence-corrected chi connectivity index (χ0v) is 18.5. The first kappa shape index (κ1) is 22.2. The molecular formula is C24H20ClN5O3. The molecule has 1 N–H and O–H groups in total. The Labute approximate surface area is 194 Å². The summed E-state index contributed by atoms with van der Waals surface area (Å²) in [5.41, 5.74) is 1.03. The van der Waals surface area contributed by atoms with Crippen molar-refractivity contribution in [1.82, 2.24) is 24.6 Å². The summed E-state index contributed by atoms with van der Waals surface area (Å²) in [7, 11) is 0. The summed E-state index contributed by atoms with van der Waals surface area (Å²) in [6, 6.07) is 17.4. The number of rotatable bonds is 6. The number of halogens is 1. The Morgan fingerprint density at radius 1 is 1.03 bits per heavy atom. The zero-order valence-electron chi connectivity index (χ0n) is 17.7. The molecule has 0 fully saturated rings. The molecule has 0 radical (unpaired) electrons. The van der Waals surface area contributed by atoms with Gasteiger partial charge in [0.15, 0.2) is 0 Å². The third-order valence-corrected chi connectivity index (χ3v) is 5.36. The Balaban J connectivity index is 1.79. The molecule has 2 heterocycles. The minimum absolute atomic E-state index is 0.00331. The molecule has 0 spiro atoms. The van der Waals surface area contributed by atoms with Crippen LogP contribution in [-0.2, 0) is 13.1 Å². The molecule has 166 valence electrons. The highest BCUT2D eigenvalue weighted by Gasteiger charge is 2.20. The van der Waals surface area contributed by atoms with Crippen LogP contribution in [-0.4, -0.2) is 25.2 Å². The molecule has 2 aromatic carbocycles. The van der Waals surface area contributed by atoms with Gasteiger partial charge >= 0.3 is 5.69 Å². The predicted molar refractivity (Wildman–Crippen MR) is 125 cm³/mol. The fourth-order valence-corrected chi connectivity index (χ4v) is 3.40. The van der Waals surface area contributed by atoms with Crippen LogP contribution < -0.4 is 16.6 Å². The van der Waals surface area contributed by atoms with Gasteiger partial charge in [-0.05, 0) is 53.9 Å². The third kappa shape index (κ3) is 4.91. The van der Waals surface area contributed by atoms with Gasteiger partial charge < -0.3 is 5.32 Å². The number of aryl methyl sites for hydroxylation is 1. The minimum Gasteiger partial charge on any atom is -0.346 e. The van der Waals surface area contributed by atoms with Gasteiger partial charge in [0, 0.05) is 24.0 Å². The van der Waals surface area contributed by atoms with Crippen LogP contribution in [0.1, 0.15) is 27.2 Å². The normalized spacial score (nSPS) is 10.7. The maximum Gasteiger partial charge on any atom is 0.352 e. The van der Waals surface area contributed by atoms with Gasteiger partial charge in [-0.1, -0.05) is 41.9 Å². The summed E-state index contributed by atoms with van der Waals surface area (Å²) >= 11 is 5.97. The first-order valence-corrected chi connectivity index (χ1v) is 10.5. The van der Waals surface area contributed by atoms with Gasteiger partial charge in [0.25, 0.3) is 11.5 Å². The molecule has 4 rings (SSSR count). The number of pyridine rings is 1. The van der Waals surface area contributed by atoms with Crippen molar-refractivity contribution in [3.63, 3.8) is 0 Å². The van der Waals surface area contributed by atoms with Crippen molar-refractivity contribution in [2.45, 2.75) is 20.0 Å². The average Bonchev–Trinajstić information content (AvgIpc) is 2.83. The van der Waals surface area contributed by atoms with Crippen LogP contribution in [0, 0.1) is 6.92 Å². The number of carbonyl (C=O) groups is 1. The fraction of sp³-hybridized carbons (Fsp3) is 0.125. The third-order valence-electron chi connectivity index (χ3n) is 5.11. The van der Waals surface area contributed by atoms with Crippen LogP contribution in [0.25, 0.3) is 5.69 Å². The second-order valence-electron chi connectivity index (χ2n) is 7.38. The van der Waals surface area contributed by atoms with Gasteiger partial charge in [0.1, 0.15) is 0 Å². The van der Waals surface area contributed by atoms with Crippen molar-refractivity contribution in [3.8, 4) is 5.69 Å². The number of hydrogen-bond donors (Lipinski definition) is 1. The monoisotopic (exact) mass is 461 g/mol. The summed E-state index contributed by atoms with van der Waals surface area (Å²) in [4.78, 5) is 43.3. The minimum atomic E-state index is -0.767. The van der Waals surface area contributed by atoms with E-state index in [2.05, 4.69) is 15.4 Å². The van der Waals surface area contributed by atoms with Crippen LogP contribution in [0.5, 0.6) is 0 Å². The lowest BCUT2D eigenvalue weighted by Gasteiger charge is -2.13. The van der Waals surface area contributed by atoms with Crippen LogP contribution in [0.4, 0.5) is 0 Å². The van der Waals surface area contributed by atoms with Crippen LogP contribution >= 0.6 is 11.6 Å². The van der Waals surface area contributed by atoms with Crippen LogP contribution in [0.3, 0.4) is 0 Å². The molecule has 0 atom stereocenters. The molecule has 33 heavy (non-hydrogen) atoms. The van der Waals surface area contributed by atoms with E-state index < -0.39 is 17.2 Å². The standard InChI is InChI=1S/C24H20ClN5O3/c1-16-5-2-3-7-18(16)15-29-23(32)21(22(31)27-14-17-6-4-12-26-13-17)28-30(24(29)33)20-10-8-19(25)9-11-20/h2-13H,14-15H2,1H3,(H,27,31). The van der Waals surface area contributed by atoms with E-state index in [1.807, 2.05) is 31.2 Å². The smallest absolute Gasteiger partial charge is 0.346 e. The zero-order chi connectivity index (χ0) is 23.4. The van der Waals surface area contributed by atoms with Gasteiger partial charge in [-0.3, -0.25) is 19.1 Å². The molecular weight excluding hydrogens is 442 g/mol. The Kier molecular flexibility index (Phi) is 6.46. The molecule has 4 aromatic rings. The fourth-order valence-electron chi connectivity index (χ4n) is 3.27. The Morgan fingerprint density at radius 3 is 2.48 bits per heavy atom. The van der Waals surface area contributed by atoms with Crippen molar-refractivity contribution in [3.05, 3.63) is 121 Å². The SMILES string of the molecule is Cc1ccccc1Cn1c(=O)c(C(=O)NCc2cccnc2)nn(-c2ccc(Cl)cc2)c1=O. The molecule has 0 saturated carbocycles. The molecule has 0 bridgehead atoms. The van der Waals surface area contributed by atoms with E-state index in [1.54, 1.807) is 48.8 Å². The lowest BCUT2D eigenvalue weighted by molar-refractivity contribution is 0.0941. The second-order valence-corrected chi connectivity index (χ2v) is 7.82. The number of hydrogen-bond acceptors (Lipinski definition) is 5. The number of benzene rings is 2. The lowest BCUT2D eigenvalue weighted by Crippen LogP contribution is -2.46. The molecule has 0 unspecified atom stereocenters. The van der Waals surface area contributed by atoms with E-state index in [0.717, 1.165) is 25.9 Å². The first-order valence-electron chi connectivity index (χ1n) is 10.2. The molecule has 2 aromatic heterocycles. The summed E-state index contributed by atoms with van der Waals surface area (Å²) in [5.74, 6) is -0.690. The molecule has 0 aliphatic carbocycles. The Morgan fingerprint density at radius 2 is 1.79 bits per heavy atom. The number of nitrogens with one attached hydrogen (secondary N) is 1. The van der Waals surface area contributed by atoms with Crippen molar-refractivity contribution in [2.24, 2.45) is 0 Å². The molecule has 0 saturated heterocycles. The maximum absolute atomic E-state index is 13.2. The number of aromatic nitrogens is 4. The predicted octanol–water partition coefficient (Wildman–Crippen LogP) is 2.73. The van der Waals surface area contributed by atoms with Crippen LogP contribution in [0.2, 0.25) is 5.02 Å². The topological polar surface area (TPSA) is 98.9 Å². The highest BCUT2D eigenvalue weighted by molar-refractivity contribution is 6.30. The molecule has 0 aliphatic heterocycles. The summed E-state index contributed by atoms with van der Waals surface area (Å²) in [6.45, 7) is 2.05. The second kappa shape index (κ2) is 9.62.